The molecule has 0 unspecified atom stereocenters. The number of hydrogen-bond donors (Lipinski definition) is 2. The average Bonchev–Trinajstić information content (AvgIpc) is 2.54. The summed E-state index contributed by atoms with van der Waals surface area (Å²) in [6.45, 7) is 0.846. The van der Waals surface area contributed by atoms with Crippen molar-refractivity contribution in [1.82, 2.24) is 9.97 Å². The summed E-state index contributed by atoms with van der Waals surface area (Å²) < 4.78 is 0. The van der Waals surface area contributed by atoms with Crippen molar-refractivity contribution in [2.75, 3.05) is 6.54 Å². The van der Waals surface area contributed by atoms with Crippen LogP contribution in [0.15, 0.2) is 12.5 Å². The number of nitrogens with two attached hydrogens (primary N) is 1. The van der Waals surface area contributed by atoms with Crippen molar-refractivity contribution in [3.8, 4) is 0 Å². The fraction of sp³-hybridized carbons (Fsp3) is 0.625. The summed E-state index contributed by atoms with van der Waals surface area (Å²) in [5.74, 6) is 1.60. The van der Waals surface area contributed by atoms with E-state index in [0.29, 0.717) is 0 Å². The van der Waals surface area contributed by atoms with E-state index in [1.807, 2.05) is 6.20 Å². The summed E-state index contributed by atoms with van der Waals surface area (Å²) in [5, 5.41) is 0. The Balaban J connectivity index is 0.000000720. The maximum Gasteiger partial charge on any atom is 0.0921 e. The van der Waals surface area contributed by atoms with E-state index >= 15 is 0 Å². The SMILES string of the molecule is Cl.Cl.NC[C@H]1C[C@@H]1Cc1cnc[nH]1. The Morgan fingerprint density at radius 1 is 1.46 bits per heavy atom. The molecule has 0 spiro atoms. The Bertz CT molecular complexity index is 225. The second-order valence-electron chi connectivity index (χ2n) is 3.27. The quantitative estimate of drug-likeness (QED) is 0.815. The lowest BCUT2D eigenvalue weighted by Gasteiger charge is -1.93. The molecule has 3 N–H and O–H groups in total. The molecule has 1 fully saturated rings. The molecule has 3 nitrogen and oxygen atoms in total. The summed E-state index contributed by atoms with van der Waals surface area (Å²) >= 11 is 0. The number of hydrogen-bond acceptors (Lipinski definition) is 2. The molecule has 0 bridgehead atoms. The highest BCUT2D eigenvalue weighted by Gasteiger charge is 2.35. The number of halogens is 2. The molecule has 1 aromatic heterocycles. The van der Waals surface area contributed by atoms with E-state index in [-0.39, 0.29) is 24.8 Å². The molecule has 2 atom stereocenters. The molecule has 1 saturated carbocycles. The van der Waals surface area contributed by atoms with Crippen LogP contribution in [-0.4, -0.2) is 16.5 Å². The average molecular weight is 224 g/mol. The Labute approximate surface area is 90.3 Å². The second-order valence-corrected chi connectivity index (χ2v) is 3.27. The van der Waals surface area contributed by atoms with Gasteiger partial charge in [0.15, 0.2) is 0 Å². The van der Waals surface area contributed by atoms with Crippen molar-refractivity contribution in [2.24, 2.45) is 17.6 Å². The Morgan fingerprint density at radius 2 is 2.23 bits per heavy atom. The fourth-order valence-corrected chi connectivity index (χ4v) is 1.53. The van der Waals surface area contributed by atoms with Gasteiger partial charge in [-0.05, 0) is 31.2 Å². The Kier molecular flexibility index (Phi) is 5.37. The van der Waals surface area contributed by atoms with Crippen LogP contribution >= 0.6 is 24.8 Å². The predicted octanol–water partition coefficient (Wildman–Crippen LogP) is 1.39. The molecule has 0 aliphatic heterocycles. The molecular formula is C8H15Cl2N3. The van der Waals surface area contributed by atoms with Crippen LogP contribution < -0.4 is 5.73 Å². The third kappa shape index (κ3) is 3.18. The van der Waals surface area contributed by atoms with Gasteiger partial charge in [0.2, 0.25) is 0 Å². The first-order chi connectivity index (χ1) is 5.40. The van der Waals surface area contributed by atoms with Crippen molar-refractivity contribution in [3.05, 3.63) is 18.2 Å². The molecule has 0 saturated heterocycles. The Morgan fingerprint density at radius 3 is 2.69 bits per heavy atom. The zero-order valence-electron chi connectivity index (χ0n) is 7.27. The minimum absolute atomic E-state index is 0. The van der Waals surface area contributed by atoms with Crippen LogP contribution in [0.1, 0.15) is 12.1 Å². The third-order valence-electron chi connectivity index (χ3n) is 2.41. The van der Waals surface area contributed by atoms with E-state index in [1.54, 1.807) is 6.33 Å². The van der Waals surface area contributed by atoms with Gasteiger partial charge in [0.1, 0.15) is 0 Å². The van der Waals surface area contributed by atoms with E-state index in [0.717, 1.165) is 24.8 Å². The zero-order valence-corrected chi connectivity index (χ0v) is 8.90. The number of nitrogens with zero attached hydrogens (tertiary/aromatic N) is 1. The van der Waals surface area contributed by atoms with E-state index < -0.39 is 0 Å². The molecule has 0 amide bonds. The molecule has 0 radical (unpaired) electrons. The van der Waals surface area contributed by atoms with Gasteiger partial charge in [0, 0.05) is 11.9 Å². The first-order valence-electron chi connectivity index (χ1n) is 4.07. The maximum absolute atomic E-state index is 5.53. The largest absolute Gasteiger partial charge is 0.348 e. The normalized spacial score (nSPS) is 24.4. The van der Waals surface area contributed by atoms with Crippen LogP contribution in [0.5, 0.6) is 0 Å². The standard InChI is InChI=1S/C8H13N3.2ClH/c9-3-7-1-6(7)2-8-4-10-5-11-8;;/h4-7H,1-3,9H2,(H,10,11);2*1H/t6-,7-;;/m1../s1. The highest BCUT2D eigenvalue weighted by molar-refractivity contribution is 5.85. The molecular weight excluding hydrogens is 209 g/mol. The minimum atomic E-state index is 0. The molecule has 5 heteroatoms. The van der Waals surface area contributed by atoms with Gasteiger partial charge in [-0.1, -0.05) is 0 Å². The van der Waals surface area contributed by atoms with Gasteiger partial charge in [-0.3, -0.25) is 0 Å². The first kappa shape index (κ1) is 12.8. The van der Waals surface area contributed by atoms with E-state index in [9.17, 15) is 0 Å². The van der Waals surface area contributed by atoms with Crippen LogP contribution in [0.4, 0.5) is 0 Å². The lowest BCUT2D eigenvalue weighted by molar-refractivity contribution is 0.696. The van der Waals surface area contributed by atoms with Gasteiger partial charge in [-0.15, -0.1) is 24.8 Å². The predicted molar refractivity (Wildman–Crippen MR) is 57.4 cm³/mol. The van der Waals surface area contributed by atoms with Crippen molar-refractivity contribution >= 4 is 24.8 Å². The summed E-state index contributed by atoms with van der Waals surface area (Å²) in [4.78, 5) is 7.07. The van der Waals surface area contributed by atoms with Gasteiger partial charge < -0.3 is 10.7 Å². The fourth-order valence-electron chi connectivity index (χ4n) is 1.53. The molecule has 76 valence electrons. The van der Waals surface area contributed by atoms with Crippen LogP contribution in [-0.2, 0) is 6.42 Å². The van der Waals surface area contributed by atoms with Crippen LogP contribution in [0.3, 0.4) is 0 Å². The van der Waals surface area contributed by atoms with Gasteiger partial charge in [0.05, 0.1) is 6.33 Å². The topological polar surface area (TPSA) is 54.7 Å². The molecule has 2 rings (SSSR count). The molecule has 0 aromatic carbocycles. The Hall–Kier alpha value is -0.250. The maximum atomic E-state index is 5.53. The van der Waals surface area contributed by atoms with Crippen molar-refractivity contribution in [3.63, 3.8) is 0 Å². The summed E-state index contributed by atoms with van der Waals surface area (Å²) in [6.07, 6.45) is 6.05. The van der Waals surface area contributed by atoms with Crippen LogP contribution in [0.25, 0.3) is 0 Å². The third-order valence-corrected chi connectivity index (χ3v) is 2.41. The van der Waals surface area contributed by atoms with Gasteiger partial charge in [-0.25, -0.2) is 4.98 Å². The highest BCUT2D eigenvalue weighted by Crippen LogP contribution is 2.39. The number of aromatic amines is 1. The molecule has 1 aliphatic carbocycles. The number of rotatable bonds is 3. The summed E-state index contributed by atoms with van der Waals surface area (Å²) in [5.41, 5.74) is 6.77. The van der Waals surface area contributed by atoms with Crippen LogP contribution in [0, 0.1) is 11.8 Å². The first-order valence-corrected chi connectivity index (χ1v) is 4.07. The second kappa shape index (κ2) is 5.47. The summed E-state index contributed by atoms with van der Waals surface area (Å²) in [7, 11) is 0. The highest BCUT2D eigenvalue weighted by atomic mass is 35.5. The molecule has 1 heterocycles. The van der Waals surface area contributed by atoms with Gasteiger partial charge >= 0.3 is 0 Å². The lowest BCUT2D eigenvalue weighted by atomic mass is 10.2. The molecule has 13 heavy (non-hydrogen) atoms. The smallest absolute Gasteiger partial charge is 0.0921 e. The van der Waals surface area contributed by atoms with E-state index in [4.69, 9.17) is 5.73 Å². The van der Waals surface area contributed by atoms with Crippen LogP contribution in [0.2, 0.25) is 0 Å². The summed E-state index contributed by atoms with van der Waals surface area (Å²) in [6, 6.07) is 0. The van der Waals surface area contributed by atoms with E-state index in [2.05, 4.69) is 9.97 Å². The number of H-pyrrole nitrogens is 1. The minimum Gasteiger partial charge on any atom is -0.348 e. The number of nitrogens with one attached hydrogen (secondary N) is 1. The molecule has 1 aliphatic rings. The number of aromatic nitrogens is 2. The molecule has 1 aromatic rings. The monoisotopic (exact) mass is 223 g/mol. The zero-order chi connectivity index (χ0) is 7.68. The van der Waals surface area contributed by atoms with Crippen molar-refractivity contribution < 1.29 is 0 Å². The number of imidazole rings is 1. The van der Waals surface area contributed by atoms with Gasteiger partial charge in [-0.2, -0.15) is 0 Å². The van der Waals surface area contributed by atoms with Gasteiger partial charge in [0.25, 0.3) is 0 Å². The lowest BCUT2D eigenvalue weighted by Crippen LogP contribution is -2.03. The van der Waals surface area contributed by atoms with E-state index in [1.165, 1.54) is 12.1 Å². The van der Waals surface area contributed by atoms with Crippen molar-refractivity contribution in [2.45, 2.75) is 12.8 Å². The van der Waals surface area contributed by atoms with Crippen molar-refractivity contribution in [1.29, 1.82) is 0 Å².